The number of piperazine rings is 1. The van der Waals surface area contributed by atoms with Crippen LogP contribution in [0.3, 0.4) is 0 Å². The maximum Gasteiger partial charge on any atom is 0.249 e. The number of aromatic hydroxyl groups is 1. The molecule has 0 saturated carbocycles. The van der Waals surface area contributed by atoms with Crippen molar-refractivity contribution in [3.05, 3.63) is 89.6 Å². The highest BCUT2D eigenvalue weighted by Gasteiger charge is 2.31. The largest absolute Gasteiger partial charge is 0.508 e. The smallest absolute Gasteiger partial charge is 0.249 e. The molecular formula is C33H33F2N5O6. The van der Waals surface area contributed by atoms with Crippen molar-refractivity contribution in [2.75, 3.05) is 45.2 Å². The molecule has 3 N–H and O–H groups in total. The summed E-state index contributed by atoms with van der Waals surface area (Å²) in [6.07, 6.45) is 1.50. The highest BCUT2D eigenvalue weighted by atomic mass is 19.1. The zero-order valence-electron chi connectivity index (χ0n) is 25.3. The van der Waals surface area contributed by atoms with Gasteiger partial charge in [-0.15, -0.1) is 0 Å². The molecule has 1 aromatic heterocycles. The zero-order valence-corrected chi connectivity index (χ0v) is 25.3. The highest BCUT2D eigenvalue weighted by molar-refractivity contribution is 5.99. The first-order valence-corrected chi connectivity index (χ1v) is 14.5. The van der Waals surface area contributed by atoms with Gasteiger partial charge in [0.1, 0.15) is 29.2 Å². The highest BCUT2D eigenvalue weighted by Crippen LogP contribution is 2.24. The summed E-state index contributed by atoms with van der Waals surface area (Å²) < 4.78 is 33.1. The fourth-order valence-corrected chi connectivity index (χ4v) is 5.42. The maximum absolute atomic E-state index is 13.9. The van der Waals surface area contributed by atoms with Crippen LogP contribution in [0, 0.1) is 11.6 Å². The Labute approximate surface area is 263 Å². The van der Waals surface area contributed by atoms with Gasteiger partial charge in [-0.3, -0.25) is 19.2 Å². The lowest BCUT2D eigenvalue weighted by Crippen LogP contribution is -2.56. The molecule has 0 aliphatic carbocycles. The molecule has 46 heavy (non-hydrogen) atoms. The Balaban J connectivity index is 1.23. The lowest BCUT2D eigenvalue weighted by molar-refractivity contribution is -0.146. The van der Waals surface area contributed by atoms with Gasteiger partial charge >= 0.3 is 0 Å². The Morgan fingerprint density at radius 1 is 1.04 bits per heavy atom. The Morgan fingerprint density at radius 3 is 2.43 bits per heavy atom. The Bertz CT molecular complexity index is 1760. The Kier molecular flexibility index (Phi) is 9.50. The quantitative estimate of drug-likeness (QED) is 0.246. The number of aromatic amines is 1. The number of amides is 4. The second-order valence-corrected chi connectivity index (χ2v) is 11.0. The van der Waals surface area contributed by atoms with Crippen molar-refractivity contribution in [3.63, 3.8) is 0 Å². The molecule has 5 rings (SSSR count). The van der Waals surface area contributed by atoms with E-state index in [-0.39, 0.29) is 56.2 Å². The second-order valence-electron chi connectivity index (χ2n) is 11.0. The number of methoxy groups -OCH3 is 1. The number of phenolic OH excluding ortho intramolecular Hbond substituents is 1. The van der Waals surface area contributed by atoms with Crippen molar-refractivity contribution in [1.29, 1.82) is 0 Å². The fourth-order valence-electron chi connectivity index (χ4n) is 5.42. The van der Waals surface area contributed by atoms with Gasteiger partial charge in [0.2, 0.25) is 23.6 Å². The number of phenols is 1. The van der Waals surface area contributed by atoms with Crippen LogP contribution in [-0.2, 0) is 32.0 Å². The molecule has 1 fully saturated rings. The van der Waals surface area contributed by atoms with E-state index in [1.165, 1.54) is 34.9 Å². The summed E-state index contributed by atoms with van der Waals surface area (Å²) in [5, 5.41) is 13.2. The number of hydrogen-bond donors (Lipinski definition) is 3. The second kappa shape index (κ2) is 13.7. The Morgan fingerprint density at radius 2 is 1.76 bits per heavy atom. The van der Waals surface area contributed by atoms with E-state index in [0.717, 1.165) is 17.6 Å². The summed E-state index contributed by atoms with van der Waals surface area (Å²) in [6.45, 7) is -0.330. The van der Waals surface area contributed by atoms with E-state index in [1.807, 2.05) is 0 Å². The minimum absolute atomic E-state index is 0.0173. The number of benzene rings is 3. The average molecular weight is 634 g/mol. The first-order valence-electron chi connectivity index (χ1n) is 14.5. The molecule has 2 heterocycles. The number of halogens is 2. The van der Waals surface area contributed by atoms with Gasteiger partial charge in [-0.25, -0.2) is 8.78 Å². The third-order valence-corrected chi connectivity index (χ3v) is 7.88. The molecule has 3 aromatic carbocycles. The van der Waals surface area contributed by atoms with E-state index < -0.39 is 35.4 Å². The number of H-pyrrole nitrogens is 1. The number of likely N-dealkylation sites (N-methyl/N-ethyl adjacent to an activating group) is 1. The molecule has 0 bridgehead atoms. The van der Waals surface area contributed by atoms with Crippen molar-refractivity contribution in [2.24, 2.45) is 0 Å². The predicted molar refractivity (Wildman–Crippen MR) is 165 cm³/mol. The van der Waals surface area contributed by atoms with Crippen LogP contribution < -0.4 is 15.0 Å². The molecule has 4 aromatic rings. The van der Waals surface area contributed by atoms with Gasteiger partial charge in [0, 0.05) is 55.4 Å². The molecule has 1 aliphatic rings. The Hall–Kier alpha value is -5.46. The molecule has 1 saturated heterocycles. The summed E-state index contributed by atoms with van der Waals surface area (Å²) in [6, 6.07) is 13.1. The summed E-state index contributed by atoms with van der Waals surface area (Å²) in [4.78, 5) is 59.8. The minimum Gasteiger partial charge on any atom is -0.508 e. The number of nitrogens with one attached hydrogen (secondary N) is 2. The average Bonchev–Trinajstić information content (AvgIpc) is 3.41. The molecule has 1 aliphatic heterocycles. The van der Waals surface area contributed by atoms with Crippen molar-refractivity contribution in [1.82, 2.24) is 20.1 Å². The molecule has 1 atom stereocenters. The summed E-state index contributed by atoms with van der Waals surface area (Å²) in [7, 11) is 3.02. The first-order chi connectivity index (χ1) is 22.0. The van der Waals surface area contributed by atoms with Gasteiger partial charge in [0.15, 0.2) is 0 Å². The van der Waals surface area contributed by atoms with Crippen LogP contribution >= 0.6 is 0 Å². The topological polar surface area (TPSA) is 135 Å². The molecule has 11 nitrogen and oxygen atoms in total. The molecule has 0 radical (unpaired) electrons. The lowest BCUT2D eigenvalue weighted by atomic mass is 10.0. The number of nitrogens with zero attached hydrogens (tertiary/aromatic N) is 3. The lowest BCUT2D eigenvalue weighted by Gasteiger charge is -2.34. The standard InChI is InChI=1S/C33H33F2N5O6/c1-38(24-3-6-26(46-2)7-4-24)33(45)29(13-20-11-22(34)15-23(35)12-20)37-30(42)18-39-9-10-40(19-32(39)44)31(43)14-21-17-36-28-8-5-25(41)16-27(21)28/h3-8,11-12,15-17,29,36,41H,9-10,13-14,18-19H2,1-2H3,(H,37,42)/t29-/m0/s1. The normalized spacial score (nSPS) is 13.9. The zero-order chi connectivity index (χ0) is 33.0. The summed E-state index contributed by atoms with van der Waals surface area (Å²) in [5.41, 5.74) is 2.10. The third-order valence-electron chi connectivity index (χ3n) is 7.88. The van der Waals surface area contributed by atoms with Crippen LogP contribution in [0.4, 0.5) is 14.5 Å². The molecule has 13 heteroatoms. The number of hydrogen-bond acceptors (Lipinski definition) is 6. The van der Waals surface area contributed by atoms with Crippen LogP contribution in [0.5, 0.6) is 11.5 Å². The van der Waals surface area contributed by atoms with E-state index in [0.29, 0.717) is 28.5 Å². The predicted octanol–water partition coefficient (Wildman–Crippen LogP) is 2.76. The van der Waals surface area contributed by atoms with Gasteiger partial charge in [0.25, 0.3) is 0 Å². The number of carbonyl (C=O) groups is 4. The first kappa shape index (κ1) is 31.9. The van der Waals surface area contributed by atoms with Crippen molar-refractivity contribution >= 4 is 40.2 Å². The van der Waals surface area contributed by atoms with Crippen molar-refractivity contribution in [3.8, 4) is 11.5 Å². The fraction of sp³-hybridized carbons (Fsp3) is 0.273. The van der Waals surface area contributed by atoms with Gasteiger partial charge in [-0.1, -0.05) is 0 Å². The molecule has 0 unspecified atom stereocenters. The van der Waals surface area contributed by atoms with E-state index in [4.69, 9.17) is 4.74 Å². The van der Waals surface area contributed by atoms with E-state index in [2.05, 4.69) is 10.3 Å². The number of carbonyl (C=O) groups excluding carboxylic acids is 4. The molecular weight excluding hydrogens is 600 g/mol. The molecule has 0 spiro atoms. The van der Waals surface area contributed by atoms with Gasteiger partial charge < -0.3 is 34.8 Å². The van der Waals surface area contributed by atoms with Gasteiger partial charge in [-0.2, -0.15) is 0 Å². The molecule has 4 amide bonds. The van der Waals surface area contributed by atoms with Crippen LogP contribution in [0.15, 0.2) is 66.9 Å². The van der Waals surface area contributed by atoms with E-state index in [1.54, 1.807) is 42.6 Å². The maximum atomic E-state index is 13.9. The van der Waals surface area contributed by atoms with Crippen LogP contribution in [-0.4, -0.2) is 89.9 Å². The summed E-state index contributed by atoms with van der Waals surface area (Å²) >= 11 is 0. The van der Waals surface area contributed by atoms with Gasteiger partial charge in [0.05, 0.1) is 26.6 Å². The SMILES string of the molecule is COc1ccc(N(C)C(=O)[C@H](Cc2cc(F)cc(F)c2)NC(=O)CN2CCN(C(=O)Cc3c[nH]c4ccc(O)cc34)CC2=O)cc1. The third kappa shape index (κ3) is 7.42. The van der Waals surface area contributed by atoms with Crippen molar-refractivity contribution in [2.45, 2.75) is 18.9 Å². The van der Waals surface area contributed by atoms with Gasteiger partial charge in [-0.05, 0) is 65.7 Å². The van der Waals surface area contributed by atoms with Crippen LogP contribution in [0.2, 0.25) is 0 Å². The monoisotopic (exact) mass is 633 g/mol. The number of anilines is 1. The number of fused-ring (bicyclic) bond motifs is 1. The minimum atomic E-state index is -1.21. The van der Waals surface area contributed by atoms with Crippen LogP contribution in [0.1, 0.15) is 11.1 Å². The van der Waals surface area contributed by atoms with E-state index in [9.17, 15) is 33.1 Å². The number of ether oxygens (including phenoxy) is 1. The molecule has 240 valence electrons. The van der Waals surface area contributed by atoms with Crippen LogP contribution in [0.25, 0.3) is 10.9 Å². The van der Waals surface area contributed by atoms with E-state index >= 15 is 0 Å². The number of aromatic nitrogens is 1. The van der Waals surface area contributed by atoms with Crippen molar-refractivity contribution < 1.29 is 37.8 Å². The number of rotatable bonds is 10. The summed E-state index contributed by atoms with van der Waals surface area (Å²) in [5.74, 6) is -2.92.